The molecule has 4 nitrogen and oxygen atoms in total. The molecule has 0 saturated carbocycles. The highest BCUT2D eigenvalue weighted by Gasteiger charge is 2.41. The molecular formula is C21H12FNO3. The average molecular weight is 345 g/mol. The molecule has 1 aromatic heterocycles. The Hall–Kier alpha value is -3.31. The zero-order chi connectivity index (χ0) is 18.0. The average Bonchev–Trinajstić information content (AvgIpc) is 3.09. The van der Waals surface area contributed by atoms with E-state index in [0.29, 0.717) is 28.0 Å². The van der Waals surface area contributed by atoms with Crippen LogP contribution in [-0.2, 0) is 0 Å². The Balaban J connectivity index is 1.89. The van der Waals surface area contributed by atoms with E-state index in [-0.39, 0.29) is 22.4 Å². The number of hydrogen-bond donors (Lipinski definition) is 2. The van der Waals surface area contributed by atoms with Crippen molar-refractivity contribution in [1.82, 2.24) is 4.98 Å². The predicted octanol–water partition coefficient (Wildman–Crippen LogP) is 3.64. The molecule has 2 aromatic carbocycles. The summed E-state index contributed by atoms with van der Waals surface area (Å²) in [6, 6.07) is 12.7. The SMILES string of the molecule is O=C1/C(=C2/c3cccnc3-c3c(O)cccc32)C(O)c2cccc(F)c21. The second-order valence-electron chi connectivity index (χ2n) is 6.32. The summed E-state index contributed by atoms with van der Waals surface area (Å²) >= 11 is 0. The van der Waals surface area contributed by atoms with Crippen LogP contribution >= 0.6 is 0 Å². The lowest BCUT2D eigenvalue weighted by molar-refractivity contribution is 0.101. The van der Waals surface area contributed by atoms with E-state index in [9.17, 15) is 19.4 Å². The number of phenolic OH excluding ortho intramolecular Hbond substituents is 1. The summed E-state index contributed by atoms with van der Waals surface area (Å²) in [6.45, 7) is 0. The van der Waals surface area contributed by atoms with E-state index in [0.717, 1.165) is 0 Å². The number of halogens is 1. The maximum Gasteiger partial charge on any atom is 0.195 e. The topological polar surface area (TPSA) is 70.4 Å². The highest BCUT2D eigenvalue weighted by Crippen LogP contribution is 2.52. The third kappa shape index (κ3) is 1.75. The Bertz CT molecular complexity index is 1150. The number of benzene rings is 2. The van der Waals surface area contributed by atoms with Crippen LogP contribution in [0.3, 0.4) is 0 Å². The number of aliphatic hydroxyl groups is 1. The molecule has 2 aliphatic carbocycles. The van der Waals surface area contributed by atoms with Gasteiger partial charge >= 0.3 is 0 Å². The standard InChI is InChI=1S/C21H12FNO3/c22-13-7-1-5-12-16(13)21(26)18(20(12)25)15-10-4-2-8-14(24)17(10)19-11(15)6-3-9-23-19/h1-9,20,24-25H/b18-15+. The van der Waals surface area contributed by atoms with Crippen LogP contribution in [0.5, 0.6) is 5.75 Å². The molecule has 5 heteroatoms. The summed E-state index contributed by atoms with van der Waals surface area (Å²) in [5.41, 5.74) is 3.07. The molecule has 0 fully saturated rings. The lowest BCUT2D eigenvalue weighted by atomic mass is 9.94. The van der Waals surface area contributed by atoms with Crippen molar-refractivity contribution in [2.45, 2.75) is 6.10 Å². The van der Waals surface area contributed by atoms with Crippen molar-refractivity contribution in [3.63, 3.8) is 0 Å². The van der Waals surface area contributed by atoms with Crippen molar-refractivity contribution < 1.29 is 19.4 Å². The van der Waals surface area contributed by atoms with E-state index >= 15 is 0 Å². The van der Waals surface area contributed by atoms with Crippen LogP contribution < -0.4 is 0 Å². The second kappa shape index (κ2) is 5.09. The van der Waals surface area contributed by atoms with E-state index < -0.39 is 17.7 Å². The number of nitrogens with zero attached hydrogens (tertiary/aromatic N) is 1. The van der Waals surface area contributed by atoms with Crippen LogP contribution in [0.2, 0.25) is 0 Å². The number of fused-ring (bicyclic) bond motifs is 4. The lowest BCUT2D eigenvalue weighted by Crippen LogP contribution is -2.04. The van der Waals surface area contributed by atoms with Gasteiger partial charge in [0.25, 0.3) is 0 Å². The molecular weight excluding hydrogens is 333 g/mol. The summed E-state index contributed by atoms with van der Waals surface area (Å²) in [5.74, 6) is -1.14. The fourth-order valence-corrected chi connectivity index (χ4v) is 3.91. The van der Waals surface area contributed by atoms with Crippen molar-refractivity contribution in [2.75, 3.05) is 0 Å². The first-order valence-corrected chi connectivity index (χ1v) is 8.13. The Morgan fingerprint density at radius 3 is 2.54 bits per heavy atom. The molecule has 26 heavy (non-hydrogen) atoms. The molecule has 2 aliphatic rings. The van der Waals surface area contributed by atoms with E-state index in [4.69, 9.17) is 0 Å². The molecule has 0 spiro atoms. The van der Waals surface area contributed by atoms with Gasteiger partial charge in [-0.15, -0.1) is 0 Å². The highest BCUT2D eigenvalue weighted by atomic mass is 19.1. The number of aliphatic hydroxyl groups excluding tert-OH is 1. The third-order valence-electron chi connectivity index (χ3n) is 4.98. The fraction of sp³-hybridized carbons (Fsp3) is 0.0476. The van der Waals surface area contributed by atoms with Crippen LogP contribution in [0, 0.1) is 5.82 Å². The molecule has 0 radical (unpaired) electrons. The zero-order valence-corrected chi connectivity index (χ0v) is 13.4. The van der Waals surface area contributed by atoms with E-state index in [1.165, 1.54) is 12.1 Å². The minimum absolute atomic E-state index is 0.0432. The van der Waals surface area contributed by atoms with Crippen molar-refractivity contribution in [3.8, 4) is 17.0 Å². The summed E-state index contributed by atoms with van der Waals surface area (Å²) in [6.07, 6.45) is 0.369. The highest BCUT2D eigenvalue weighted by molar-refractivity contribution is 6.22. The predicted molar refractivity (Wildman–Crippen MR) is 93.1 cm³/mol. The smallest absolute Gasteiger partial charge is 0.195 e. The number of aromatic nitrogens is 1. The molecule has 0 aliphatic heterocycles. The van der Waals surface area contributed by atoms with Crippen LogP contribution in [0.25, 0.3) is 16.8 Å². The molecule has 3 aromatic rings. The minimum atomic E-state index is -1.23. The number of carbonyl (C=O) groups is 1. The largest absolute Gasteiger partial charge is 0.507 e. The third-order valence-corrected chi connectivity index (χ3v) is 4.98. The van der Waals surface area contributed by atoms with Gasteiger partial charge < -0.3 is 10.2 Å². The van der Waals surface area contributed by atoms with Crippen molar-refractivity contribution in [1.29, 1.82) is 0 Å². The molecule has 126 valence electrons. The maximum absolute atomic E-state index is 14.2. The number of ketones is 1. The number of rotatable bonds is 0. The normalized spacial score (nSPS) is 20.1. The van der Waals surface area contributed by atoms with E-state index in [2.05, 4.69) is 4.98 Å². The van der Waals surface area contributed by atoms with Crippen LogP contribution in [0.4, 0.5) is 4.39 Å². The van der Waals surface area contributed by atoms with Crippen molar-refractivity contribution in [3.05, 3.63) is 88.4 Å². The van der Waals surface area contributed by atoms with Gasteiger partial charge in [-0.1, -0.05) is 30.3 Å². The first kappa shape index (κ1) is 15.0. The quantitative estimate of drug-likeness (QED) is 0.477. The number of phenols is 1. The lowest BCUT2D eigenvalue weighted by Gasteiger charge is -2.11. The molecule has 1 unspecified atom stereocenters. The number of pyridine rings is 1. The Labute approximate surface area is 147 Å². The molecule has 0 amide bonds. The van der Waals surface area contributed by atoms with Gasteiger partial charge in [-0.05, 0) is 29.3 Å². The van der Waals surface area contributed by atoms with E-state index in [1.54, 1.807) is 42.6 Å². The molecule has 1 heterocycles. The van der Waals surface area contributed by atoms with Crippen molar-refractivity contribution in [2.24, 2.45) is 0 Å². The van der Waals surface area contributed by atoms with Gasteiger partial charge in [-0.25, -0.2) is 4.39 Å². The molecule has 2 N–H and O–H groups in total. The van der Waals surface area contributed by atoms with Gasteiger partial charge in [0.05, 0.1) is 16.8 Å². The molecule has 0 saturated heterocycles. The van der Waals surface area contributed by atoms with Crippen LogP contribution in [-0.4, -0.2) is 21.0 Å². The summed E-state index contributed by atoms with van der Waals surface area (Å²) in [7, 11) is 0. The zero-order valence-electron chi connectivity index (χ0n) is 13.4. The van der Waals surface area contributed by atoms with Crippen LogP contribution in [0.15, 0.2) is 60.3 Å². The Morgan fingerprint density at radius 2 is 1.73 bits per heavy atom. The second-order valence-corrected chi connectivity index (χ2v) is 6.32. The minimum Gasteiger partial charge on any atom is -0.507 e. The van der Waals surface area contributed by atoms with Crippen molar-refractivity contribution >= 4 is 11.4 Å². The fourth-order valence-electron chi connectivity index (χ4n) is 3.91. The number of Topliss-reactive ketones (excluding diaryl/α,β-unsaturated/α-hetero) is 1. The molecule has 1 atom stereocenters. The first-order chi connectivity index (χ1) is 12.6. The van der Waals surface area contributed by atoms with E-state index in [1.807, 2.05) is 0 Å². The number of hydrogen-bond acceptors (Lipinski definition) is 4. The van der Waals surface area contributed by atoms with Gasteiger partial charge in [-0.2, -0.15) is 0 Å². The van der Waals surface area contributed by atoms with Gasteiger partial charge in [0.2, 0.25) is 0 Å². The van der Waals surface area contributed by atoms with Crippen LogP contribution in [0.1, 0.15) is 33.2 Å². The summed E-state index contributed by atoms with van der Waals surface area (Å²) in [5, 5.41) is 21.1. The van der Waals surface area contributed by atoms with Gasteiger partial charge in [0.15, 0.2) is 5.78 Å². The maximum atomic E-state index is 14.2. The summed E-state index contributed by atoms with van der Waals surface area (Å²) < 4.78 is 14.2. The summed E-state index contributed by atoms with van der Waals surface area (Å²) in [4.78, 5) is 17.3. The number of carbonyl (C=O) groups excluding carboxylic acids is 1. The Morgan fingerprint density at radius 1 is 0.962 bits per heavy atom. The Kier molecular flexibility index (Phi) is 2.94. The monoisotopic (exact) mass is 345 g/mol. The van der Waals surface area contributed by atoms with Gasteiger partial charge in [-0.3, -0.25) is 9.78 Å². The molecule has 5 rings (SSSR count). The van der Waals surface area contributed by atoms with Gasteiger partial charge in [0.1, 0.15) is 17.7 Å². The number of aromatic hydroxyl groups is 1. The molecule has 0 bridgehead atoms. The van der Waals surface area contributed by atoms with Gasteiger partial charge in [0, 0.05) is 22.9 Å². The first-order valence-electron chi connectivity index (χ1n) is 8.13.